The van der Waals surface area contributed by atoms with Crippen molar-refractivity contribution in [2.24, 2.45) is 0 Å². The van der Waals surface area contributed by atoms with E-state index in [4.69, 9.17) is 9.47 Å². The number of rotatable bonds is 13. The van der Waals surface area contributed by atoms with Gasteiger partial charge in [0.2, 0.25) is 5.13 Å². The highest BCUT2D eigenvalue weighted by Gasteiger charge is 2.48. The zero-order valence-electron chi connectivity index (χ0n) is 28.8. The fourth-order valence-corrected chi connectivity index (χ4v) is 8.01. The van der Waals surface area contributed by atoms with Gasteiger partial charge in [0.05, 0.1) is 18.2 Å². The fraction of sp³-hybridized carbons (Fsp3) is 0.190. The average Bonchev–Trinajstić information content (AvgIpc) is 3.75. The zero-order chi connectivity index (χ0) is 36.0. The minimum Gasteiger partial charge on any atom is -0.507 e. The molecule has 1 N–H and O–H groups in total. The van der Waals surface area contributed by atoms with Crippen molar-refractivity contribution in [2.45, 2.75) is 49.4 Å². The molecule has 1 amide bonds. The number of carbonyl (C=O) groups is 2. The molecule has 5 aromatic carbocycles. The topological polar surface area (TPSA) is 102 Å². The Morgan fingerprint density at radius 1 is 0.827 bits per heavy atom. The Morgan fingerprint density at radius 2 is 1.52 bits per heavy atom. The van der Waals surface area contributed by atoms with Crippen LogP contribution in [-0.4, -0.2) is 33.6 Å². The van der Waals surface area contributed by atoms with Crippen molar-refractivity contribution in [3.63, 3.8) is 0 Å². The number of hydrogen-bond donors (Lipinski definition) is 1. The summed E-state index contributed by atoms with van der Waals surface area (Å²) in [5, 5.41) is 23.1. The molecule has 0 aliphatic carbocycles. The van der Waals surface area contributed by atoms with E-state index >= 15 is 0 Å². The molecule has 1 saturated heterocycles. The van der Waals surface area contributed by atoms with E-state index in [0.29, 0.717) is 45.9 Å². The van der Waals surface area contributed by atoms with Crippen molar-refractivity contribution in [1.29, 1.82) is 0 Å². The van der Waals surface area contributed by atoms with Gasteiger partial charge in [0.1, 0.15) is 23.9 Å². The lowest BCUT2D eigenvalue weighted by atomic mass is 9.95. The molecular formula is C42H37N3O5S2. The van der Waals surface area contributed by atoms with Crippen LogP contribution in [0.3, 0.4) is 0 Å². The second-order valence-corrected chi connectivity index (χ2v) is 14.6. The van der Waals surface area contributed by atoms with E-state index < -0.39 is 17.7 Å². The van der Waals surface area contributed by atoms with Gasteiger partial charge in [-0.05, 0) is 82.8 Å². The van der Waals surface area contributed by atoms with Gasteiger partial charge in [-0.15, -0.1) is 10.2 Å². The van der Waals surface area contributed by atoms with Gasteiger partial charge in [0, 0.05) is 11.3 Å². The molecule has 262 valence electrons. The number of ether oxygens (including phenoxy) is 2. The van der Waals surface area contributed by atoms with Crippen LogP contribution in [0.5, 0.6) is 11.5 Å². The van der Waals surface area contributed by atoms with E-state index in [0.717, 1.165) is 34.9 Å². The molecule has 2 heterocycles. The van der Waals surface area contributed by atoms with Crippen LogP contribution in [0.15, 0.2) is 125 Å². The fourth-order valence-electron chi connectivity index (χ4n) is 6.14. The van der Waals surface area contributed by atoms with Crippen LogP contribution < -0.4 is 14.4 Å². The Labute approximate surface area is 310 Å². The van der Waals surface area contributed by atoms with Crippen LogP contribution in [0.25, 0.3) is 16.5 Å². The molecule has 1 aliphatic heterocycles. The predicted octanol–water partition coefficient (Wildman–Crippen LogP) is 9.68. The molecule has 1 fully saturated rings. The molecule has 0 saturated carbocycles. The largest absolute Gasteiger partial charge is 0.507 e. The lowest BCUT2D eigenvalue weighted by Crippen LogP contribution is -2.29. The second-order valence-electron chi connectivity index (χ2n) is 12.5. The lowest BCUT2D eigenvalue weighted by molar-refractivity contribution is -0.132. The van der Waals surface area contributed by atoms with Crippen molar-refractivity contribution in [2.75, 3.05) is 11.5 Å². The highest BCUT2D eigenvalue weighted by Crippen LogP contribution is 2.44. The smallest absolute Gasteiger partial charge is 0.301 e. The van der Waals surface area contributed by atoms with Crippen molar-refractivity contribution >= 4 is 56.5 Å². The molecule has 0 radical (unpaired) electrons. The molecule has 0 spiro atoms. The number of thioether (sulfide) groups is 1. The molecule has 0 bridgehead atoms. The van der Waals surface area contributed by atoms with Gasteiger partial charge in [-0.3, -0.25) is 14.5 Å². The van der Waals surface area contributed by atoms with Gasteiger partial charge < -0.3 is 14.6 Å². The van der Waals surface area contributed by atoms with Crippen LogP contribution in [0.4, 0.5) is 5.13 Å². The highest BCUT2D eigenvalue weighted by molar-refractivity contribution is 8.00. The number of benzene rings is 5. The number of anilines is 1. The summed E-state index contributed by atoms with van der Waals surface area (Å²) in [5.41, 5.74) is 4.35. The summed E-state index contributed by atoms with van der Waals surface area (Å²) in [6, 6.07) is 35.6. The highest BCUT2D eigenvalue weighted by atomic mass is 32.2. The summed E-state index contributed by atoms with van der Waals surface area (Å²) >= 11 is 2.76. The Balaban J connectivity index is 1.18. The van der Waals surface area contributed by atoms with E-state index in [-0.39, 0.29) is 16.5 Å². The Morgan fingerprint density at radius 3 is 2.31 bits per heavy atom. The third-order valence-corrected chi connectivity index (χ3v) is 11.1. The van der Waals surface area contributed by atoms with Crippen LogP contribution in [0.2, 0.25) is 0 Å². The molecule has 1 aromatic heterocycles. The van der Waals surface area contributed by atoms with E-state index in [1.165, 1.54) is 33.4 Å². The Hall–Kier alpha value is -5.45. The van der Waals surface area contributed by atoms with E-state index in [1.807, 2.05) is 73.7 Å². The average molecular weight is 728 g/mol. The molecule has 1 unspecified atom stereocenters. The summed E-state index contributed by atoms with van der Waals surface area (Å²) in [4.78, 5) is 29.0. The molecule has 8 nitrogen and oxygen atoms in total. The summed E-state index contributed by atoms with van der Waals surface area (Å²) in [7, 11) is 0. The number of Topliss-reactive ketones (excluding diaryl/α,β-unsaturated/α-hetero) is 1. The molecular weight excluding hydrogens is 691 g/mol. The number of aliphatic hydroxyl groups is 1. The standard InChI is InChI=1S/C42H37N3O5S2/c1-3-4-24-49-33-20-16-29(17-21-33)37-36(38(46)30-18-22-34(23-19-30)50-25-31-12-6-5-10-27(31)2)39(47)40(48)45(37)41-43-44-42(52-41)51-26-32-14-9-13-28-11-7-8-15-35(28)32/h5-23,37,46H,3-4,24-26H2,1-2H3/b38-36+. The number of ketones is 1. The first-order chi connectivity index (χ1) is 25.4. The molecule has 1 aliphatic rings. The first-order valence-electron chi connectivity index (χ1n) is 17.2. The van der Waals surface area contributed by atoms with Gasteiger partial charge in [0.25, 0.3) is 5.78 Å². The maximum atomic E-state index is 13.8. The molecule has 1 atom stereocenters. The first kappa shape index (κ1) is 35.0. The normalized spacial score (nSPS) is 15.3. The Bertz CT molecular complexity index is 2240. The molecule has 6 aromatic rings. The minimum atomic E-state index is -0.939. The van der Waals surface area contributed by atoms with Crippen molar-refractivity contribution < 1.29 is 24.2 Å². The summed E-state index contributed by atoms with van der Waals surface area (Å²) < 4.78 is 12.5. The first-order valence-corrected chi connectivity index (χ1v) is 19.0. The quantitative estimate of drug-likeness (QED) is 0.0314. The number of amides is 1. The number of unbranched alkanes of at least 4 members (excludes halogenated alkanes) is 1. The maximum absolute atomic E-state index is 13.8. The second kappa shape index (κ2) is 15.8. The monoisotopic (exact) mass is 727 g/mol. The van der Waals surface area contributed by atoms with Gasteiger partial charge >= 0.3 is 5.91 Å². The SMILES string of the molecule is CCCCOc1ccc(C2/C(=C(\O)c3ccc(OCc4ccccc4C)cc3)C(=O)C(=O)N2c2nnc(SCc3cccc4ccccc34)s2)cc1. The molecule has 10 heteroatoms. The zero-order valence-corrected chi connectivity index (χ0v) is 30.5. The minimum absolute atomic E-state index is 0.0293. The number of nitrogens with zero attached hydrogens (tertiary/aromatic N) is 3. The Kier molecular flexibility index (Phi) is 10.7. The van der Waals surface area contributed by atoms with Crippen LogP contribution in [-0.2, 0) is 21.9 Å². The van der Waals surface area contributed by atoms with E-state index in [9.17, 15) is 14.7 Å². The van der Waals surface area contributed by atoms with Crippen LogP contribution in [0.1, 0.15) is 53.6 Å². The van der Waals surface area contributed by atoms with Gasteiger partial charge in [-0.2, -0.15) is 0 Å². The number of fused-ring (bicyclic) bond motifs is 1. The van der Waals surface area contributed by atoms with Crippen molar-refractivity contribution in [3.05, 3.63) is 149 Å². The number of carbonyl (C=O) groups excluding carboxylic acids is 2. The molecule has 7 rings (SSSR count). The van der Waals surface area contributed by atoms with E-state index in [1.54, 1.807) is 24.3 Å². The number of aryl methyl sites for hydroxylation is 1. The summed E-state index contributed by atoms with van der Waals surface area (Å²) in [5.74, 6) is 0.0779. The van der Waals surface area contributed by atoms with Crippen molar-refractivity contribution in [1.82, 2.24) is 10.2 Å². The predicted molar refractivity (Wildman–Crippen MR) is 207 cm³/mol. The third kappa shape index (κ3) is 7.44. The van der Waals surface area contributed by atoms with E-state index in [2.05, 4.69) is 41.4 Å². The number of hydrogen-bond acceptors (Lipinski definition) is 9. The molecule has 52 heavy (non-hydrogen) atoms. The van der Waals surface area contributed by atoms with Gasteiger partial charge in [-0.1, -0.05) is 115 Å². The lowest BCUT2D eigenvalue weighted by Gasteiger charge is -2.22. The van der Waals surface area contributed by atoms with Gasteiger partial charge in [0.15, 0.2) is 4.34 Å². The van der Waals surface area contributed by atoms with Crippen LogP contribution >= 0.6 is 23.1 Å². The number of aromatic nitrogens is 2. The van der Waals surface area contributed by atoms with Crippen molar-refractivity contribution in [3.8, 4) is 11.5 Å². The summed E-state index contributed by atoms with van der Waals surface area (Å²) in [6.07, 6.45) is 1.94. The van der Waals surface area contributed by atoms with Gasteiger partial charge in [-0.25, -0.2) is 0 Å². The third-order valence-electron chi connectivity index (χ3n) is 9.02. The summed E-state index contributed by atoms with van der Waals surface area (Å²) in [6.45, 7) is 5.11. The number of aliphatic hydroxyl groups excluding tert-OH is 1. The maximum Gasteiger partial charge on any atom is 0.301 e. The van der Waals surface area contributed by atoms with Crippen LogP contribution in [0, 0.1) is 6.92 Å².